The van der Waals surface area contributed by atoms with Crippen LogP contribution < -0.4 is 0 Å². The highest BCUT2D eigenvalue weighted by molar-refractivity contribution is 14.1. The smallest absolute Gasteiger partial charge is 0.331 e. The van der Waals surface area contributed by atoms with E-state index in [0.29, 0.717) is 11.4 Å². The normalized spacial score (nSPS) is 12.3. The van der Waals surface area contributed by atoms with Crippen molar-refractivity contribution in [1.29, 1.82) is 0 Å². The van der Waals surface area contributed by atoms with Gasteiger partial charge in [0.2, 0.25) is 0 Å². The molecule has 0 aliphatic rings. The lowest BCUT2D eigenvalue weighted by Gasteiger charge is -2.16. The summed E-state index contributed by atoms with van der Waals surface area (Å²) in [6.07, 6.45) is 0.519. The second kappa shape index (κ2) is 6.88. The van der Waals surface area contributed by atoms with E-state index >= 15 is 0 Å². The third-order valence-electron chi connectivity index (χ3n) is 3.64. The number of benzene rings is 2. The van der Waals surface area contributed by atoms with Gasteiger partial charge in [0.15, 0.2) is 6.04 Å². The van der Waals surface area contributed by atoms with E-state index in [4.69, 9.17) is 16.3 Å². The lowest BCUT2D eigenvalue weighted by molar-refractivity contribution is -0.144. The number of fused-ring (bicyclic) bond motifs is 1. The van der Waals surface area contributed by atoms with Crippen LogP contribution in [0, 0.1) is 3.70 Å². The number of esters is 1. The Kier molecular flexibility index (Phi) is 4.87. The highest BCUT2D eigenvalue weighted by atomic mass is 127. The van der Waals surface area contributed by atoms with Gasteiger partial charge in [-0.25, -0.2) is 9.48 Å². The predicted octanol–water partition coefficient (Wildman–Crippen LogP) is 4.25. The van der Waals surface area contributed by atoms with E-state index in [2.05, 4.69) is 27.7 Å². The SMILES string of the molecule is COC(=O)C(Cc1ccccc1)n1nc2ccc(Cl)cc2c1I. The van der Waals surface area contributed by atoms with Crippen LogP contribution >= 0.6 is 34.2 Å². The second-order valence-electron chi connectivity index (χ2n) is 5.13. The van der Waals surface area contributed by atoms with E-state index in [-0.39, 0.29) is 5.97 Å². The molecule has 1 heterocycles. The molecule has 1 atom stereocenters. The highest BCUT2D eigenvalue weighted by Crippen LogP contribution is 2.28. The van der Waals surface area contributed by atoms with Gasteiger partial charge < -0.3 is 4.74 Å². The minimum absolute atomic E-state index is 0.314. The van der Waals surface area contributed by atoms with Crippen LogP contribution in [-0.2, 0) is 16.0 Å². The first kappa shape index (κ1) is 16.3. The molecule has 0 N–H and O–H groups in total. The summed E-state index contributed by atoms with van der Waals surface area (Å²) in [7, 11) is 1.40. The fourth-order valence-electron chi connectivity index (χ4n) is 2.49. The van der Waals surface area contributed by atoms with Crippen molar-refractivity contribution in [3.05, 3.63) is 62.8 Å². The average Bonchev–Trinajstić information content (AvgIpc) is 2.89. The Morgan fingerprint density at radius 2 is 2.04 bits per heavy atom. The third-order valence-corrected chi connectivity index (χ3v) is 4.95. The molecule has 6 heteroatoms. The van der Waals surface area contributed by atoms with Crippen LogP contribution in [0.4, 0.5) is 0 Å². The first-order chi connectivity index (χ1) is 11.1. The Morgan fingerprint density at radius 1 is 1.30 bits per heavy atom. The van der Waals surface area contributed by atoms with E-state index in [9.17, 15) is 4.79 Å². The summed E-state index contributed by atoms with van der Waals surface area (Å²) in [6.45, 7) is 0. The predicted molar refractivity (Wildman–Crippen MR) is 98.7 cm³/mol. The zero-order valence-corrected chi connectivity index (χ0v) is 15.3. The van der Waals surface area contributed by atoms with E-state index in [1.165, 1.54) is 7.11 Å². The molecule has 0 saturated heterocycles. The number of rotatable bonds is 4. The number of nitrogens with zero attached hydrogens (tertiary/aromatic N) is 2. The minimum Gasteiger partial charge on any atom is -0.467 e. The zero-order chi connectivity index (χ0) is 16.4. The largest absolute Gasteiger partial charge is 0.467 e. The summed E-state index contributed by atoms with van der Waals surface area (Å²) in [5.74, 6) is -0.314. The van der Waals surface area contributed by atoms with Crippen molar-refractivity contribution < 1.29 is 9.53 Å². The number of ether oxygens (including phenoxy) is 1. The molecule has 4 nitrogen and oxygen atoms in total. The van der Waals surface area contributed by atoms with E-state index < -0.39 is 6.04 Å². The number of hydrogen-bond donors (Lipinski definition) is 0. The minimum atomic E-state index is -0.513. The highest BCUT2D eigenvalue weighted by Gasteiger charge is 2.26. The topological polar surface area (TPSA) is 44.1 Å². The molecule has 2 aromatic carbocycles. The quantitative estimate of drug-likeness (QED) is 0.450. The van der Waals surface area contributed by atoms with Gasteiger partial charge in [0.05, 0.1) is 12.6 Å². The first-order valence-electron chi connectivity index (χ1n) is 7.05. The van der Waals surface area contributed by atoms with Gasteiger partial charge in [-0.2, -0.15) is 5.10 Å². The molecule has 0 fully saturated rings. The van der Waals surface area contributed by atoms with Crippen LogP contribution in [0.1, 0.15) is 11.6 Å². The number of hydrogen-bond acceptors (Lipinski definition) is 3. The van der Waals surface area contributed by atoms with Crippen molar-refractivity contribution >= 4 is 51.1 Å². The maximum Gasteiger partial charge on any atom is 0.331 e. The number of aromatic nitrogens is 2. The number of carbonyl (C=O) groups excluding carboxylic acids is 1. The molecule has 0 spiro atoms. The Labute approximate surface area is 152 Å². The molecule has 0 saturated carbocycles. The van der Waals surface area contributed by atoms with Gasteiger partial charge in [0.25, 0.3) is 0 Å². The summed E-state index contributed by atoms with van der Waals surface area (Å²) in [6, 6.07) is 14.8. The van der Waals surface area contributed by atoms with Gasteiger partial charge in [-0.1, -0.05) is 41.9 Å². The molecule has 1 unspecified atom stereocenters. The lowest BCUT2D eigenvalue weighted by atomic mass is 10.1. The average molecular weight is 441 g/mol. The van der Waals surface area contributed by atoms with Gasteiger partial charge in [0, 0.05) is 16.8 Å². The van der Waals surface area contributed by atoms with Crippen LogP contribution in [0.25, 0.3) is 10.9 Å². The number of methoxy groups -OCH3 is 1. The van der Waals surface area contributed by atoms with E-state index in [0.717, 1.165) is 20.2 Å². The maximum absolute atomic E-state index is 12.3. The Hall–Kier alpha value is -1.60. The van der Waals surface area contributed by atoms with Crippen LogP contribution in [-0.4, -0.2) is 22.9 Å². The second-order valence-corrected chi connectivity index (χ2v) is 6.58. The summed E-state index contributed by atoms with van der Waals surface area (Å²) >= 11 is 8.26. The fraction of sp³-hybridized carbons (Fsp3) is 0.176. The Morgan fingerprint density at radius 3 is 2.74 bits per heavy atom. The van der Waals surface area contributed by atoms with Crippen molar-refractivity contribution in [2.45, 2.75) is 12.5 Å². The Balaban J connectivity index is 2.06. The van der Waals surface area contributed by atoms with Crippen LogP contribution in [0.5, 0.6) is 0 Å². The maximum atomic E-state index is 12.3. The standard InChI is InChI=1S/C17H14ClIN2O2/c1-23-17(22)15(9-11-5-3-2-4-6-11)21-16(19)13-10-12(18)7-8-14(13)20-21/h2-8,10,15H,9H2,1H3. The monoisotopic (exact) mass is 440 g/mol. The van der Waals surface area contributed by atoms with Crippen LogP contribution in [0.2, 0.25) is 5.02 Å². The molecule has 23 heavy (non-hydrogen) atoms. The van der Waals surface area contributed by atoms with Crippen LogP contribution in [0.15, 0.2) is 48.5 Å². The molecular formula is C17H14ClIN2O2. The van der Waals surface area contributed by atoms with E-state index in [1.54, 1.807) is 10.7 Å². The molecule has 0 amide bonds. The van der Waals surface area contributed by atoms with Crippen LogP contribution in [0.3, 0.4) is 0 Å². The number of halogens is 2. The summed E-state index contributed by atoms with van der Waals surface area (Å²) in [5.41, 5.74) is 1.86. The van der Waals surface area contributed by atoms with Crippen molar-refractivity contribution in [1.82, 2.24) is 9.78 Å². The molecule has 0 aliphatic heterocycles. The molecule has 1 aromatic heterocycles. The van der Waals surface area contributed by atoms with Gasteiger partial charge in [-0.15, -0.1) is 0 Å². The van der Waals surface area contributed by atoms with Crippen molar-refractivity contribution in [2.75, 3.05) is 7.11 Å². The third kappa shape index (κ3) is 3.35. The van der Waals surface area contributed by atoms with Crippen molar-refractivity contribution in [3.63, 3.8) is 0 Å². The van der Waals surface area contributed by atoms with Gasteiger partial charge in [-0.05, 0) is 46.4 Å². The first-order valence-corrected chi connectivity index (χ1v) is 8.51. The molecule has 118 valence electrons. The fourth-order valence-corrected chi connectivity index (χ4v) is 3.54. The summed E-state index contributed by atoms with van der Waals surface area (Å²) < 4.78 is 7.57. The molecule has 0 aliphatic carbocycles. The zero-order valence-electron chi connectivity index (χ0n) is 12.4. The summed E-state index contributed by atoms with van der Waals surface area (Å²) in [4.78, 5) is 12.3. The lowest BCUT2D eigenvalue weighted by Crippen LogP contribution is -2.25. The molecule has 3 aromatic rings. The summed E-state index contributed by atoms with van der Waals surface area (Å²) in [5, 5.41) is 6.15. The molecule has 0 radical (unpaired) electrons. The van der Waals surface area contributed by atoms with Gasteiger partial charge in [0.1, 0.15) is 3.70 Å². The van der Waals surface area contributed by atoms with E-state index in [1.807, 2.05) is 42.5 Å². The molecule has 3 rings (SSSR count). The molecule has 0 bridgehead atoms. The molecular weight excluding hydrogens is 427 g/mol. The van der Waals surface area contributed by atoms with Gasteiger partial charge >= 0.3 is 5.97 Å². The van der Waals surface area contributed by atoms with Gasteiger partial charge in [-0.3, -0.25) is 0 Å². The number of carbonyl (C=O) groups is 1. The van der Waals surface area contributed by atoms with Crippen molar-refractivity contribution in [2.24, 2.45) is 0 Å². The van der Waals surface area contributed by atoms with Crippen molar-refractivity contribution in [3.8, 4) is 0 Å². The Bertz CT molecular complexity index is 848.